The number of hydrogen-bond acceptors (Lipinski definition) is 3. The second-order valence-corrected chi connectivity index (χ2v) is 4.69. The van der Waals surface area contributed by atoms with Gasteiger partial charge in [-0.25, -0.2) is 4.39 Å². The summed E-state index contributed by atoms with van der Waals surface area (Å²) in [5.74, 6) is -1.64. The molecule has 2 N–H and O–H groups in total. The molecule has 0 spiro atoms. The Hall–Kier alpha value is -2.21. The first kappa shape index (κ1) is 16.8. The van der Waals surface area contributed by atoms with E-state index in [0.29, 0.717) is 6.54 Å². The van der Waals surface area contributed by atoms with Crippen molar-refractivity contribution >= 4 is 11.9 Å². The molecular formula is C15H19FN2O3. The van der Waals surface area contributed by atoms with Crippen LogP contribution in [0.5, 0.6) is 0 Å². The van der Waals surface area contributed by atoms with E-state index in [2.05, 4.69) is 11.9 Å². The number of benzene rings is 1. The monoisotopic (exact) mass is 294 g/mol. The quantitative estimate of drug-likeness (QED) is 0.714. The Morgan fingerprint density at radius 2 is 2.00 bits per heavy atom. The van der Waals surface area contributed by atoms with E-state index in [1.54, 1.807) is 25.1 Å². The average Bonchev–Trinajstić information content (AvgIpc) is 2.38. The first-order valence-electron chi connectivity index (χ1n) is 6.52. The topological polar surface area (TPSA) is 69.6 Å². The van der Waals surface area contributed by atoms with Crippen LogP contribution in [0, 0.1) is 5.82 Å². The largest absolute Gasteiger partial charge is 0.480 e. The maximum absolute atomic E-state index is 12.8. The molecule has 21 heavy (non-hydrogen) atoms. The molecule has 5 nitrogen and oxygen atoms in total. The summed E-state index contributed by atoms with van der Waals surface area (Å²) in [5, 5.41) is 11.5. The lowest BCUT2D eigenvalue weighted by Crippen LogP contribution is -2.40. The van der Waals surface area contributed by atoms with Gasteiger partial charge in [0, 0.05) is 6.54 Å². The van der Waals surface area contributed by atoms with E-state index < -0.39 is 5.97 Å². The van der Waals surface area contributed by atoms with Crippen LogP contribution in [0.15, 0.2) is 36.9 Å². The van der Waals surface area contributed by atoms with E-state index >= 15 is 0 Å². The molecule has 0 saturated carbocycles. The first-order chi connectivity index (χ1) is 9.92. The zero-order valence-electron chi connectivity index (χ0n) is 11.9. The van der Waals surface area contributed by atoms with E-state index in [1.807, 2.05) is 0 Å². The lowest BCUT2D eigenvalue weighted by Gasteiger charge is -2.20. The third kappa shape index (κ3) is 6.18. The summed E-state index contributed by atoms with van der Waals surface area (Å²) < 4.78 is 12.8. The highest BCUT2D eigenvalue weighted by Gasteiger charge is 2.15. The predicted molar refractivity (Wildman–Crippen MR) is 77.2 cm³/mol. The van der Waals surface area contributed by atoms with Crippen LogP contribution >= 0.6 is 0 Å². The van der Waals surface area contributed by atoms with Gasteiger partial charge in [0.25, 0.3) is 0 Å². The van der Waals surface area contributed by atoms with Crippen molar-refractivity contribution in [3.63, 3.8) is 0 Å². The van der Waals surface area contributed by atoms with Gasteiger partial charge in [-0.05, 0) is 24.6 Å². The molecule has 6 heteroatoms. The van der Waals surface area contributed by atoms with E-state index in [0.717, 1.165) is 5.56 Å². The second-order valence-electron chi connectivity index (χ2n) is 4.69. The van der Waals surface area contributed by atoms with Gasteiger partial charge in [-0.15, -0.1) is 6.58 Å². The molecule has 0 heterocycles. The molecule has 0 bridgehead atoms. The second kappa shape index (κ2) is 8.16. The molecule has 0 saturated heterocycles. The predicted octanol–water partition coefficient (Wildman–Crippen LogP) is 1.58. The number of carbonyl (C=O) groups is 2. The minimum Gasteiger partial charge on any atom is -0.480 e. The van der Waals surface area contributed by atoms with E-state index in [1.165, 1.54) is 17.0 Å². The molecular weight excluding hydrogens is 275 g/mol. The number of carboxylic acids is 1. The van der Waals surface area contributed by atoms with Gasteiger partial charge in [-0.2, -0.15) is 0 Å². The van der Waals surface area contributed by atoms with Crippen molar-refractivity contribution in [3.05, 3.63) is 48.3 Å². The number of rotatable bonds is 8. The lowest BCUT2D eigenvalue weighted by atomic mass is 10.1. The summed E-state index contributed by atoms with van der Waals surface area (Å²) in [6.07, 6.45) is 1.54. The summed E-state index contributed by atoms with van der Waals surface area (Å²) >= 11 is 0. The van der Waals surface area contributed by atoms with Crippen LogP contribution in [-0.4, -0.2) is 41.5 Å². The van der Waals surface area contributed by atoms with Crippen molar-refractivity contribution in [2.75, 3.05) is 19.6 Å². The SMILES string of the molecule is C=CCN(CC(=O)O)CC(=O)NC(C)c1ccc(F)cc1. The van der Waals surface area contributed by atoms with Crippen molar-refractivity contribution in [1.82, 2.24) is 10.2 Å². The van der Waals surface area contributed by atoms with E-state index in [-0.39, 0.29) is 30.9 Å². The Morgan fingerprint density at radius 1 is 1.38 bits per heavy atom. The van der Waals surface area contributed by atoms with E-state index in [9.17, 15) is 14.0 Å². The third-order valence-electron chi connectivity index (χ3n) is 2.86. The van der Waals surface area contributed by atoms with Crippen LogP contribution in [0.3, 0.4) is 0 Å². The number of hydrogen-bond donors (Lipinski definition) is 2. The molecule has 1 amide bonds. The maximum Gasteiger partial charge on any atom is 0.317 e. The van der Waals surface area contributed by atoms with Crippen molar-refractivity contribution < 1.29 is 19.1 Å². The summed E-state index contributed by atoms with van der Waals surface area (Å²) in [6, 6.07) is 5.56. The summed E-state index contributed by atoms with van der Waals surface area (Å²) in [7, 11) is 0. The number of halogens is 1. The van der Waals surface area contributed by atoms with Gasteiger partial charge < -0.3 is 10.4 Å². The molecule has 0 aliphatic rings. The summed E-state index contributed by atoms with van der Waals surface area (Å²) in [4.78, 5) is 24.1. The molecule has 0 aliphatic heterocycles. The van der Waals surface area contributed by atoms with Crippen LogP contribution < -0.4 is 5.32 Å². The Labute approximate surface area is 123 Å². The molecule has 0 radical (unpaired) electrons. The number of nitrogens with zero attached hydrogens (tertiary/aromatic N) is 1. The molecule has 0 fully saturated rings. The van der Waals surface area contributed by atoms with Gasteiger partial charge in [-0.3, -0.25) is 14.5 Å². The zero-order chi connectivity index (χ0) is 15.8. The van der Waals surface area contributed by atoms with Crippen molar-refractivity contribution in [2.24, 2.45) is 0 Å². The van der Waals surface area contributed by atoms with Crippen LogP contribution in [0.2, 0.25) is 0 Å². The fraction of sp³-hybridized carbons (Fsp3) is 0.333. The highest BCUT2D eigenvalue weighted by Crippen LogP contribution is 2.12. The van der Waals surface area contributed by atoms with Gasteiger partial charge in [0.15, 0.2) is 0 Å². The Morgan fingerprint density at radius 3 is 2.52 bits per heavy atom. The number of aliphatic carboxylic acids is 1. The van der Waals surface area contributed by atoms with Gasteiger partial charge in [-0.1, -0.05) is 18.2 Å². The molecule has 1 atom stereocenters. The molecule has 1 aromatic carbocycles. The van der Waals surface area contributed by atoms with Crippen LogP contribution in [0.1, 0.15) is 18.5 Å². The van der Waals surface area contributed by atoms with Crippen LogP contribution in [0.25, 0.3) is 0 Å². The molecule has 1 rings (SSSR count). The fourth-order valence-corrected chi connectivity index (χ4v) is 1.88. The first-order valence-corrected chi connectivity index (χ1v) is 6.52. The molecule has 0 aliphatic carbocycles. The zero-order valence-corrected chi connectivity index (χ0v) is 11.9. The number of carboxylic acid groups (broad SMARTS) is 1. The van der Waals surface area contributed by atoms with E-state index in [4.69, 9.17) is 5.11 Å². The minimum absolute atomic E-state index is 0.0378. The summed E-state index contributed by atoms with van der Waals surface area (Å²) in [5.41, 5.74) is 0.776. The number of nitrogens with one attached hydrogen (secondary N) is 1. The molecule has 1 unspecified atom stereocenters. The standard InChI is InChI=1S/C15H19FN2O3/c1-3-8-18(10-15(20)21)9-14(19)17-11(2)12-4-6-13(16)7-5-12/h3-7,11H,1,8-10H2,2H3,(H,17,19)(H,20,21). The Kier molecular flexibility index (Phi) is 6.55. The van der Waals surface area contributed by atoms with Crippen LogP contribution in [0.4, 0.5) is 4.39 Å². The Bertz CT molecular complexity index is 502. The fourth-order valence-electron chi connectivity index (χ4n) is 1.88. The maximum atomic E-state index is 12.8. The van der Waals surface area contributed by atoms with Crippen molar-refractivity contribution in [3.8, 4) is 0 Å². The minimum atomic E-state index is -1.00. The van der Waals surface area contributed by atoms with Gasteiger partial charge in [0.05, 0.1) is 19.1 Å². The van der Waals surface area contributed by atoms with Gasteiger partial charge in [0.1, 0.15) is 5.82 Å². The van der Waals surface area contributed by atoms with Gasteiger partial charge >= 0.3 is 5.97 Å². The average molecular weight is 294 g/mol. The molecule has 114 valence electrons. The highest BCUT2D eigenvalue weighted by molar-refractivity contribution is 5.79. The smallest absolute Gasteiger partial charge is 0.317 e. The number of carbonyl (C=O) groups excluding carboxylic acids is 1. The van der Waals surface area contributed by atoms with Gasteiger partial charge in [0.2, 0.25) is 5.91 Å². The summed E-state index contributed by atoms with van der Waals surface area (Å²) in [6.45, 7) is 5.35. The van der Waals surface area contributed by atoms with Crippen molar-refractivity contribution in [1.29, 1.82) is 0 Å². The van der Waals surface area contributed by atoms with Crippen LogP contribution in [-0.2, 0) is 9.59 Å². The normalized spacial score (nSPS) is 12.0. The third-order valence-corrected chi connectivity index (χ3v) is 2.86. The molecule has 0 aromatic heterocycles. The lowest BCUT2D eigenvalue weighted by molar-refractivity contribution is -0.138. The highest BCUT2D eigenvalue weighted by atomic mass is 19.1. The number of amides is 1. The Balaban J connectivity index is 2.56. The molecule has 1 aromatic rings. The van der Waals surface area contributed by atoms with Crippen molar-refractivity contribution in [2.45, 2.75) is 13.0 Å².